The molecular weight excluding hydrogens is 300 g/mol. The van der Waals surface area contributed by atoms with Crippen molar-refractivity contribution >= 4 is 0 Å². The highest BCUT2D eigenvalue weighted by Gasteiger charge is 2.36. The minimum atomic E-state index is -0.663. The molecule has 1 atom stereocenters. The summed E-state index contributed by atoms with van der Waals surface area (Å²) in [6.45, 7) is 3.66. The van der Waals surface area contributed by atoms with E-state index in [1.165, 1.54) is 12.5 Å². The van der Waals surface area contributed by atoms with Crippen LogP contribution in [0, 0.1) is 0 Å². The summed E-state index contributed by atoms with van der Waals surface area (Å²) in [7, 11) is 0. The maximum atomic E-state index is 10.1. The van der Waals surface area contributed by atoms with Gasteiger partial charge < -0.3 is 18.8 Å². The molecule has 0 radical (unpaired) electrons. The Labute approximate surface area is 131 Å². The number of aliphatic hydroxyl groups excluding tert-OH is 1. The predicted molar refractivity (Wildman–Crippen MR) is 77.4 cm³/mol. The van der Waals surface area contributed by atoms with Crippen LogP contribution in [0.15, 0.2) is 33.7 Å². The number of rotatable bonds is 2. The van der Waals surface area contributed by atoms with Crippen LogP contribution in [0.25, 0.3) is 23.2 Å². The van der Waals surface area contributed by atoms with Crippen molar-refractivity contribution in [3.8, 4) is 29.0 Å². The highest BCUT2D eigenvalue weighted by molar-refractivity contribution is 5.57. The molecule has 118 valence electrons. The van der Waals surface area contributed by atoms with Crippen LogP contribution in [0.3, 0.4) is 0 Å². The van der Waals surface area contributed by atoms with Gasteiger partial charge >= 0.3 is 0 Å². The first kappa shape index (κ1) is 13.9. The molecule has 1 aliphatic heterocycles. The molecule has 8 nitrogen and oxygen atoms in total. The minimum absolute atomic E-state index is 0.264. The fraction of sp³-hybridized carbons (Fsp3) is 0.333. The third-order valence-corrected chi connectivity index (χ3v) is 3.80. The van der Waals surface area contributed by atoms with Crippen LogP contribution in [-0.2, 0) is 6.42 Å². The smallest absolute Gasteiger partial charge is 0.268 e. The maximum Gasteiger partial charge on any atom is 0.268 e. The van der Waals surface area contributed by atoms with E-state index in [1.54, 1.807) is 6.20 Å². The van der Waals surface area contributed by atoms with Crippen LogP contribution in [0.5, 0.6) is 5.88 Å². The van der Waals surface area contributed by atoms with Crippen LogP contribution in [0.4, 0.5) is 0 Å². The predicted octanol–water partition coefficient (Wildman–Crippen LogP) is 1.86. The third-order valence-electron chi connectivity index (χ3n) is 3.80. The third kappa shape index (κ3) is 2.36. The quantitative estimate of drug-likeness (QED) is 0.763. The summed E-state index contributed by atoms with van der Waals surface area (Å²) in [6, 6.07) is 1.83. The van der Waals surface area contributed by atoms with Crippen molar-refractivity contribution in [2.75, 3.05) is 0 Å². The SMILES string of the molecule is CC1(C)Oc2ncc(-c3nc(-c4ncco4)no3)cc2CC1O. The van der Waals surface area contributed by atoms with Gasteiger partial charge in [0.1, 0.15) is 11.9 Å². The number of fused-ring (bicyclic) bond motifs is 1. The van der Waals surface area contributed by atoms with Crippen LogP contribution in [-0.4, -0.2) is 36.9 Å². The molecule has 8 heteroatoms. The lowest BCUT2D eigenvalue weighted by Gasteiger charge is -2.36. The van der Waals surface area contributed by atoms with Gasteiger partial charge in [0.15, 0.2) is 0 Å². The van der Waals surface area contributed by atoms with E-state index in [4.69, 9.17) is 13.7 Å². The van der Waals surface area contributed by atoms with Crippen LogP contribution in [0.1, 0.15) is 19.4 Å². The van der Waals surface area contributed by atoms with Crippen molar-refractivity contribution < 1.29 is 18.8 Å². The van der Waals surface area contributed by atoms with Gasteiger partial charge in [0.05, 0.1) is 17.9 Å². The van der Waals surface area contributed by atoms with E-state index in [9.17, 15) is 5.11 Å². The zero-order valence-corrected chi connectivity index (χ0v) is 12.6. The Morgan fingerprint density at radius 2 is 2.13 bits per heavy atom. The van der Waals surface area contributed by atoms with Gasteiger partial charge in [-0.1, -0.05) is 5.16 Å². The van der Waals surface area contributed by atoms with Gasteiger partial charge in [0.25, 0.3) is 17.6 Å². The Morgan fingerprint density at radius 1 is 1.26 bits per heavy atom. The van der Waals surface area contributed by atoms with E-state index in [0.717, 1.165) is 5.56 Å². The van der Waals surface area contributed by atoms with Crippen molar-refractivity contribution in [3.63, 3.8) is 0 Å². The van der Waals surface area contributed by atoms with Gasteiger partial charge in [0.2, 0.25) is 5.88 Å². The molecular formula is C15H14N4O4. The lowest BCUT2D eigenvalue weighted by Crippen LogP contribution is -2.46. The maximum absolute atomic E-state index is 10.1. The van der Waals surface area contributed by atoms with Crippen molar-refractivity contribution in [3.05, 3.63) is 30.3 Å². The highest BCUT2D eigenvalue weighted by Crippen LogP contribution is 2.33. The van der Waals surface area contributed by atoms with E-state index in [1.807, 2.05) is 19.9 Å². The Hall–Kier alpha value is -2.74. The molecule has 0 aromatic carbocycles. The lowest BCUT2D eigenvalue weighted by atomic mass is 9.92. The van der Waals surface area contributed by atoms with Crippen molar-refractivity contribution in [1.82, 2.24) is 20.1 Å². The van der Waals surface area contributed by atoms with E-state index in [0.29, 0.717) is 23.8 Å². The number of nitrogens with zero attached hydrogens (tertiary/aromatic N) is 4. The van der Waals surface area contributed by atoms with Crippen molar-refractivity contribution in [2.45, 2.75) is 32.0 Å². The van der Waals surface area contributed by atoms with Gasteiger partial charge in [-0.3, -0.25) is 0 Å². The number of aromatic nitrogens is 4. The molecule has 0 bridgehead atoms. The summed E-state index contributed by atoms with van der Waals surface area (Å²) in [4.78, 5) is 12.5. The molecule has 0 spiro atoms. The number of aliphatic hydroxyl groups is 1. The normalized spacial score (nSPS) is 19.2. The first-order chi connectivity index (χ1) is 11.0. The minimum Gasteiger partial charge on any atom is -0.469 e. The van der Waals surface area contributed by atoms with Gasteiger partial charge in [-0.25, -0.2) is 9.97 Å². The second-order valence-electron chi connectivity index (χ2n) is 5.87. The summed E-state index contributed by atoms with van der Waals surface area (Å²) >= 11 is 0. The molecule has 23 heavy (non-hydrogen) atoms. The molecule has 0 aliphatic carbocycles. The zero-order valence-electron chi connectivity index (χ0n) is 12.6. The van der Waals surface area contributed by atoms with Gasteiger partial charge in [-0.05, 0) is 19.9 Å². The summed E-state index contributed by atoms with van der Waals surface area (Å²) in [6.07, 6.45) is 4.37. The highest BCUT2D eigenvalue weighted by atomic mass is 16.5. The summed E-state index contributed by atoms with van der Waals surface area (Å²) in [5.74, 6) is 1.36. The second-order valence-corrected chi connectivity index (χ2v) is 5.87. The fourth-order valence-electron chi connectivity index (χ4n) is 2.39. The lowest BCUT2D eigenvalue weighted by molar-refractivity contribution is -0.0442. The Kier molecular flexibility index (Phi) is 2.95. The largest absolute Gasteiger partial charge is 0.469 e. The first-order valence-electron chi connectivity index (χ1n) is 7.13. The molecule has 4 heterocycles. The Balaban J connectivity index is 1.68. The average Bonchev–Trinajstić information content (AvgIpc) is 3.18. The molecule has 0 saturated heterocycles. The van der Waals surface area contributed by atoms with Crippen molar-refractivity contribution in [2.24, 2.45) is 0 Å². The summed E-state index contributed by atoms with van der Waals surface area (Å²) < 4.78 is 16.1. The standard InChI is InChI=1S/C15H14N4O4/c1-15(2)10(20)6-8-5-9(7-17-12(8)22-15)13-18-11(19-23-13)14-16-3-4-21-14/h3-5,7,10,20H,6H2,1-2H3. The molecule has 1 N–H and O–H groups in total. The van der Waals surface area contributed by atoms with Crippen LogP contribution in [0.2, 0.25) is 0 Å². The first-order valence-corrected chi connectivity index (χ1v) is 7.13. The summed E-state index contributed by atoms with van der Waals surface area (Å²) in [5.41, 5.74) is 0.777. The van der Waals surface area contributed by atoms with E-state index < -0.39 is 11.7 Å². The zero-order chi connectivity index (χ0) is 16.0. The molecule has 0 saturated carbocycles. The molecule has 1 unspecified atom stereocenters. The van der Waals surface area contributed by atoms with E-state index in [2.05, 4.69) is 20.1 Å². The van der Waals surface area contributed by atoms with Crippen molar-refractivity contribution in [1.29, 1.82) is 0 Å². The molecule has 3 aromatic heterocycles. The molecule has 3 aromatic rings. The van der Waals surface area contributed by atoms with E-state index >= 15 is 0 Å². The van der Waals surface area contributed by atoms with Crippen LogP contribution < -0.4 is 4.74 Å². The Bertz CT molecular complexity index is 841. The number of hydrogen-bond acceptors (Lipinski definition) is 8. The number of pyridine rings is 1. The Morgan fingerprint density at radius 3 is 2.91 bits per heavy atom. The molecule has 1 aliphatic rings. The molecule has 4 rings (SSSR count). The van der Waals surface area contributed by atoms with E-state index in [-0.39, 0.29) is 11.7 Å². The average molecular weight is 314 g/mol. The molecule has 0 fully saturated rings. The second kappa shape index (κ2) is 4.88. The van der Waals surface area contributed by atoms with Gasteiger partial charge in [0, 0.05) is 18.2 Å². The number of oxazole rings is 1. The fourth-order valence-corrected chi connectivity index (χ4v) is 2.39. The van der Waals surface area contributed by atoms with Crippen LogP contribution >= 0.6 is 0 Å². The summed E-state index contributed by atoms with van der Waals surface area (Å²) in [5, 5.41) is 14.0. The topological polar surface area (TPSA) is 107 Å². The van der Waals surface area contributed by atoms with Gasteiger partial charge in [-0.15, -0.1) is 0 Å². The number of hydrogen-bond donors (Lipinski definition) is 1. The molecule has 0 amide bonds. The number of ether oxygens (including phenoxy) is 1. The van der Waals surface area contributed by atoms with Gasteiger partial charge in [-0.2, -0.15) is 4.98 Å². The monoisotopic (exact) mass is 314 g/mol.